The molecule has 0 unspecified atom stereocenters. The first-order chi connectivity index (χ1) is 12.4. The Morgan fingerprint density at radius 2 is 1.77 bits per heavy atom. The lowest BCUT2D eigenvalue weighted by Gasteiger charge is -2.12. The lowest BCUT2D eigenvalue weighted by Crippen LogP contribution is -2.07. The van der Waals surface area contributed by atoms with Gasteiger partial charge in [-0.3, -0.25) is 4.98 Å². The maximum Gasteiger partial charge on any atom is 0.416 e. The predicted octanol–water partition coefficient (Wildman–Crippen LogP) is 4.55. The van der Waals surface area contributed by atoms with Gasteiger partial charge in [0.25, 0.3) is 0 Å². The van der Waals surface area contributed by atoms with Crippen LogP contribution in [0, 0.1) is 6.92 Å². The van der Waals surface area contributed by atoms with Crippen LogP contribution >= 0.6 is 0 Å². The molecule has 3 aromatic rings. The van der Waals surface area contributed by atoms with E-state index < -0.39 is 11.7 Å². The number of anilines is 3. The fraction of sp³-hybridized carbons (Fsp3) is 0.167. The molecule has 0 amide bonds. The highest BCUT2D eigenvalue weighted by atomic mass is 19.4. The number of halogens is 3. The Morgan fingerprint density at radius 3 is 2.50 bits per heavy atom. The Balaban J connectivity index is 1.75. The average Bonchev–Trinajstić information content (AvgIpc) is 2.60. The lowest BCUT2D eigenvalue weighted by atomic mass is 10.2. The molecule has 0 aliphatic carbocycles. The van der Waals surface area contributed by atoms with Crippen LogP contribution in [-0.4, -0.2) is 15.0 Å². The van der Waals surface area contributed by atoms with Crippen LogP contribution in [0.1, 0.15) is 16.8 Å². The van der Waals surface area contributed by atoms with Gasteiger partial charge in [0.05, 0.1) is 5.56 Å². The van der Waals surface area contributed by atoms with Crippen molar-refractivity contribution in [2.24, 2.45) is 0 Å². The van der Waals surface area contributed by atoms with E-state index in [2.05, 4.69) is 25.6 Å². The van der Waals surface area contributed by atoms with E-state index in [1.54, 1.807) is 31.5 Å². The molecular weight excluding hydrogens is 343 g/mol. The van der Waals surface area contributed by atoms with Crippen molar-refractivity contribution in [3.63, 3.8) is 0 Å². The first-order valence-electron chi connectivity index (χ1n) is 7.83. The molecule has 26 heavy (non-hydrogen) atoms. The molecule has 0 atom stereocenters. The predicted molar refractivity (Wildman–Crippen MR) is 93.1 cm³/mol. The van der Waals surface area contributed by atoms with Gasteiger partial charge in [-0.25, -0.2) is 4.98 Å². The summed E-state index contributed by atoms with van der Waals surface area (Å²) in [5.41, 5.74) is 1.28. The minimum atomic E-state index is -4.39. The van der Waals surface area contributed by atoms with Crippen LogP contribution in [0.5, 0.6) is 0 Å². The topological polar surface area (TPSA) is 62.7 Å². The van der Waals surface area contributed by atoms with Crippen molar-refractivity contribution in [1.29, 1.82) is 0 Å². The second kappa shape index (κ2) is 7.38. The van der Waals surface area contributed by atoms with Gasteiger partial charge in [-0.1, -0.05) is 6.07 Å². The summed E-state index contributed by atoms with van der Waals surface area (Å²) in [7, 11) is 0. The van der Waals surface area contributed by atoms with Crippen LogP contribution in [0.15, 0.2) is 54.9 Å². The summed E-state index contributed by atoms with van der Waals surface area (Å²) < 4.78 is 38.5. The maximum absolute atomic E-state index is 12.8. The second-order valence-corrected chi connectivity index (χ2v) is 5.63. The molecule has 0 aliphatic rings. The van der Waals surface area contributed by atoms with Crippen molar-refractivity contribution in [3.8, 4) is 0 Å². The third kappa shape index (κ3) is 4.69. The van der Waals surface area contributed by atoms with Gasteiger partial charge in [0.15, 0.2) is 0 Å². The summed E-state index contributed by atoms with van der Waals surface area (Å²) in [6.45, 7) is 2.30. The number of aryl methyl sites for hydroxylation is 1. The van der Waals surface area contributed by atoms with Crippen LogP contribution in [0.4, 0.5) is 30.6 Å². The fourth-order valence-electron chi connectivity index (χ4n) is 2.31. The lowest BCUT2D eigenvalue weighted by molar-refractivity contribution is -0.137. The zero-order valence-corrected chi connectivity index (χ0v) is 13.9. The van der Waals surface area contributed by atoms with Crippen molar-refractivity contribution >= 4 is 17.5 Å². The first-order valence-corrected chi connectivity index (χ1v) is 7.83. The molecule has 0 fully saturated rings. The number of nitrogens with one attached hydrogen (secondary N) is 2. The van der Waals surface area contributed by atoms with Crippen LogP contribution in [-0.2, 0) is 12.7 Å². The molecule has 2 aromatic heterocycles. The van der Waals surface area contributed by atoms with Crippen LogP contribution in [0.25, 0.3) is 0 Å². The highest BCUT2D eigenvalue weighted by molar-refractivity contribution is 5.58. The van der Waals surface area contributed by atoms with E-state index in [0.29, 0.717) is 29.7 Å². The van der Waals surface area contributed by atoms with Crippen molar-refractivity contribution in [2.45, 2.75) is 19.6 Å². The Kier molecular flexibility index (Phi) is 5.01. The smallest absolute Gasteiger partial charge is 0.350 e. The minimum absolute atomic E-state index is 0.304. The average molecular weight is 359 g/mol. The van der Waals surface area contributed by atoms with Gasteiger partial charge in [-0.2, -0.15) is 18.2 Å². The molecule has 1 aromatic carbocycles. The van der Waals surface area contributed by atoms with Crippen LogP contribution < -0.4 is 10.6 Å². The van der Waals surface area contributed by atoms with E-state index in [0.717, 1.165) is 17.7 Å². The molecule has 0 bridgehead atoms. The molecule has 0 radical (unpaired) electrons. The number of aromatic nitrogens is 3. The third-order valence-corrected chi connectivity index (χ3v) is 3.52. The quantitative estimate of drug-likeness (QED) is 0.699. The molecule has 0 aliphatic heterocycles. The number of rotatable bonds is 5. The molecule has 5 nitrogen and oxygen atoms in total. The molecule has 2 N–H and O–H groups in total. The molecule has 2 heterocycles. The van der Waals surface area contributed by atoms with Gasteiger partial charge in [-0.15, -0.1) is 0 Å². The molecule has 134 valence electrons. The van der Waals surface area contributed by atoms with Crippen molar-refractivity contribution in [1.82, 2.24) is 15.0 Å². The van der Waals surface area contributed by atoms with E-state index in [1.165, 1.54) is 6.07 Å². The highest BCUT2D eigenvalue weighted by Gasteiger charge is 2.30. The second-order valence-electron chi connectivity index (χ2n) is 5.63. The monoisotopic (exact) mass is 359 g/mol. The van der Waals surface area contributed by atoms with Crippen molar-refractivity contribution in [2.75, 3.05) is 10.6 Å². The van der Waals surface area contributed by atoms with E-state index in [9.17, 15) is 13.2 Å². The Labute approximate surface area is 148 Å². The Hall–Kier alpha value is -3.16. The number of benzene rings is 1. The Bertz CT molecular complexity index is 881. The highest BCUT2D eigenvalue weighted by Crippen LogP contribution is 2.31. The molecule has 0 spiro atoms. The standard InChI is InChI=1S/C18H16F3N5/c1-12-9-16(25-15-4-2-3-14(10-15)18(19,20)21)26-17(24-12)23-11-13-5-7-22-8-6-13/h2-10H,11H2,1H3,(H2,23,24,25,26). The van der Waals surface area contributed by atoms with Crippen LogP contribution in [0.2, 0.25) is 0 Å². The normalized spacial score (nSPS) is 11.2. The van der Waals surface area contributed by atoms with Gasteiger partial charge in [0.1, 0.15) is 5.82 Å². The summed E-state index contributed by atoms with van der Waals surface area (Å²) in [6, 6.07) is 10.4. The van der Waals surface area contributed by atoms with Gasteiger partial charge in [0, 0.05) is 36.4 Å². The SMILES string of the molecule is Cc1cc(Nc2cccc(C(F)(F)F)c2)nc(NCc2ccncc2)n1. The fourth-order valence-corrected chi connectivity index (χ4v) is 2.31. The van der Waals surface area contributed by atoms with Gasteiger partial charge < -0.3 is 10.6 Å². The minimum Gasteiger partial charge on any atom is -0.350 e. The molecule has 0 saturated carbocycles. The molecule has 3 rings (SSSR count). The number of hydrogen-bond donors (Lipinski definition) is 2. The van der Waals surface area contributed by atoms with E-state index in [-0.39, 0.29) is 0 Å². The summed E-state index contributed by atoms with van der Waals surface area (Å²) >= 11 is 0. The summed E-state index contributed by atoms with van der Waals surface area (Å²) in [5, 5.41) is 5.99. The van der Waals surface area contributed by atoms with Gasteiger partial charge in [0.2, 0.25) is 5.95 Å². The molecule has 8 heteroatoms. The number of alkyl halides is 3. The van der Waals surface area contributed by atoms with Gasteiger partial charge in [-0.05, 0) is 42.8 Å². The zero-order valence-electron chi connectivity index (χ0n) is 13.9. The van der Waals surface area contributed by atoms with Gasteiger partial charge >= 0.3 is 6.18 Å². The third-order valence-electron chi connectivity index (χ3n) is 3.52. The van der Waals surface area contributed by atoms with Crippen LogP contribution in [0.3, 0.4) is 0 Å². The summed E-state index contributed by atoms with van der Waals surface area (Å²) in [6.07, 6.45) is -1.01. The summed E-state index contributed by atoms with van der Waals surface area (Å²) in [5.74, 6) is 0.797. The zero-order chi connectivity index (χ0) is 18.6. The largest absolute Gasteiger partial charge is 0.416 e. The first kappa shape index (κ1) is 17.7. The van der Waals surface area contributed by atoms with E-state index in [4.69, 9.17) is 0 Å². The van der Waals surface area contributed by atoms with E-state index in [1.807, 2.05) is 12.1 Å². The summed E-state index contributed by atoms with van der Waals surface area (Å²) in [4.78, 5) is 12.5. The Morgan fingerprint density at radius 1 is 1.00 bits per heavy atom. The molecule has 0 saturated heterocycles. The molecular formula is C18H16F3N5. The number of hydrogen-bond acceptors (Lipinski definition) is 5. The van der Waals surface area contributed by atoms with Crippen molar-refractivity contribution in [3.05, 3.63) is 71.7 Å². The van der Waals surface area contributed by atoms with Crippen molar-refractivity contribution < 1.29 is 13.2 Å². The van der Waals surface area contributed by atoms with E-state index >= 15 is 0 Å². The number of nitrogens with zero attached hydrogens (tertiary/aromatic N) is 3. The number of pyridine rings is 1. The maximum atomic E-state index is 12.8.